The molecule has 1 unspecified atom stereocenters. The summed E-state index contributed by atoms with van der Waals surface area (Å²) in [4.78, 5) is 2.42. The molecular formula is C18H29NO3. The highest BCUT2D eigenvalue weighted by atomic mass is 16.5. The molecule has 3 aliphatic rings. The zero-order valence-corrected chi connectivity index (χ0v) is 13.8. The summed E-state index contributed by atoms with van der Waals surface area (Å²) in [6.07, 6.45) is 10.1. The Kier molecular flexibility index (Phi) is 6.14. The van der Waals surface area contributed by atoms with Crippen LogP contribution in [0.1, 0.15) is 44.9 Å². The summed E-state index contributed by atoms with van der Waals surface area (Å²) < 4.78 is 17.1. The minimum atomic E-state index is 0.356. The minimum Gasteiger partial charge on any atom is -0.381 e. The van der Waals surface area contributed by atoms with Crippen LogP contribution in [-0.4, -0.2) is 62.7 Å². The van der Waals surface area contributed by atoms with Crippen molar-refractivity contribution in [2.75, 3.05) is 33.4 Å². The molecule has 22 heavy (non-hydrogen) atoms. The maximum atomic E-state index is 6.13. The molecule has 0 radical (unpaired) electrons. The van der Waals surface area contributed by atoms with Gasteiger partial charge in [-0.15, -0.1) is 0 Å². The van der Waals surface area contributed by atoms with E-state index >= 15 is 0 Å². The van der Waals surface area contributed by atoms with Gasteiger partial charge < -0.3 is 14.2 Å². The van der Waals surface area contributed by atoms with E-state index in [4.69, 9.17) is 14.2 Å². The van der Waals surface area contributed by atoms with Gasteiger partial charge in [-0.25, -0.2) is 0 Å². The lowest BCUT2D eigenvalue weighted by Crippen LogP contribution is -2.42. The van der Waals surface area contributed by atoms with Crippen LogP contribution in [0.4, 0.5) is 0 Å². The smallest absolute Gasteiger partial charge is 0.108 e. The van der Waals surface area contributed by atoms with Gasteiger partial charge in [0.1, 0.15) is 6.61 Å². The molecule has 2 saturated carbocycles. The fraction of sp³-hybridized carbons (Fsp3) is 0.889. The van der Waals surface area contributed by atoms with Crippen molar-refractivity contribution < 1.29 is 14.2 Å². The maximum Gasteiger partial charge on any atom is 0.108 e. The van der Waals surface area contributed by atoms with Gasteiger partial charge in [0.25, 0.3) is 0 Å². The quantitative estimate of drug-likeness (QED) is 0.704. The van der Waals surface area contributed by atoms with E-state index in [1.54, 1.807) is 7.11 Å². The lowest BCUT2D eigenvalue weighted by molar-refractivity contribution is -0.0782. The third-order valence-electron chi connectivity index (χ3n) is 5.10. The van der Waals surface area contributed by atoms with Gasteiger partial charge in [-0.1, -0.05) is 11.8 Å². The van der Waals surface area contributed by atoms with E-state index < -0.39 is 0 Å². The number of rotatable bonds is 6. The zero-order valence-electron chi connectivity index (χ0n) is 13.8. The van der Waals surface area contributed by atoms with Crippen molar-refractivity contribution in [3.63, 3.8) is 0 Å². The van der Waals surface area contributed by atoms with Crippen LogP contribution >= 0.6 is 0 Å². The minimum absolute atomic E-state index is 0.356. The van der Waals surface area contributed by atoms with E-state index in [-0.39, 0.29) is 0 Å². The molecular weight excluding hydrogens is 278 g/mol. The number of hydrogen-bond donors (Lipinski definition) is 0. The van der Waals surface area contributed by atoms with Crippen molar-refractivity contribution in [1.82, 2.24) is 4.90 Å². The average Bonchev–Trinajstić information content (AvgIpc) is 2.45. The Bertz CT molecular complexity index is 393. The van der Waals surface area contributed by atoms with Crippen LogP contribution in [0, 0.1) is 11.8 Å². The van der Waals surface area contributed by atoms with Crippen molar-refractivity contribution in [2.45, 2.75) is 69.4 Å². The first-order chi connectivity index (χ1) is 10.8. The lowest BCUT2D eigenvalue weighted by Gasteiger charge is -2.36. The zero-order chi connectivity index (χ0) is 15.2. The molecule has 0 N–H and O–H groups in total. The Morgan fingerprint density at radius 1 is 0.955 bits per heavy atom. The molecule has 1 saturated heterocycles. The Labute approximate surface area is 134 Å². The number of hydrogen-bond acceptors (Lipinski definition) is 4. The Balaban J connectivity index is 1.27. The highest BCUT2D eigenvalue weighted by Gasteiger charge is 2.29. The largest absolute Gasteiger partial charge is 0.381 e. The molecule has 3 rings (SSSR count). The summed E-state index contributed by atoms with van der Waals surface area (Å²) in [6.45, 7) is 3.60. The van der Waals surface area contributed by atoms with Crippen LogP contribution in [-0.2, 0) is 14.2 Å². The van der Waals surface area contributed by atoms with Crippen LogP contribution in [0.25, 0.3) is 0 Å². The van der Waals surface area contributed by atoms with E-state index in [1.807, 2.05) is 0 Å². The van der Waals surface area contributed by atoms with Crippen molar-refractivity contribution in [2.24, 2.45) is 0 Å². The normalized spacial score (nSPS) is 32.7. The van der Waals surface area contributed by atoms with Crippen LogP contribution in [0.15, 0.2) is 0 Å². The molecule has 3 fully saturated rings. The van der Waals surface area contributed by atoms with Crippen molar-refractivity contribution in [3.05, 3.63) is 0 Å². The number of ether oxygens (including phenoxy) is 3. The fourth-order valence-electron chi connectivity index (χ4n) is 3.27. The van der Waals surface area contributed by atoms with Crippen LogP contribution < -0.4 is 0 Å². The Morgan fingerprint density at radius 2 is 1.77 bits per heavy atom. The van der Waals surface area contributed by atoms with Crippen molar-refractivity contribution >= 4 is 0 Å². The standard InChI is InChI=1S/C18H29NO3/c1-20-17-12-18(13-17)21-11-3-2-9-19-10-5-8-16(14-19)22-15-6-4-7-15/h15-18H,4-14H2,1H3. The number of piperidine rings is 1. The van der Waals surface area contributed by atoms with Gasteiger partial charge >= 0.3 is 0 Å². The molecule has 0 bridgehead atoms. The summed E-state index contributed by atoms with van der Waals surface area (Å²) in [5, 5.41) is 0. The fourth-order valence-corrected chi connectivity index (χ4v) is 3.27. The topological polar surface area (TPSA) is 30.9 Å². The highest BCUT2D eigenvalue weighted by Crippen LogP contribution is 2.26. The van der Waals surface area contributed by atoms with Gasteiger partial charge in [0, 0.05) is 13.7 Å². The maximum absolute atomic E-state index is 6.13. The lowest BCUT2D eigenvalue weighted by atomic mass is 9.92. The SMILES string of the molecule is COC1CC(OCC#CCN2CCCC(OC3CCC3)C2)C1. The molecule has 1 heterocycles. The second kappa shape index (κ2) is 8.31. The van der Waals surface area contributed by atoms with Crippen LogP contribution in [0.3, 0.4) is 0 Å². The van der Waals surface area contributed by atoms with Crippen molar-refractivity contribution in [3.8, 4) is 11.8 Å². The molecule has 0 aromatic carbocycles. The molecule has 2 aliphatic carbocycles. The monoisotopic (exact) mass is 307 g/mol. The van der Waals surface area contributed by atoms with E-state index in [2.05, 4.69) is 16.7 Å². The molecule has 4 nitrogen and oxygen atoms in total. The van der Waals surface area contributed by atoms with Gasteiger partial charge in [-0.2, -0.15) is 0 Å². The van der Waals surface area contributed by atoms with Gasteiger partial charge in [0.05, 0.1) is 31.0 Å². The van der Waals surface area contributed by atoms with E-state index in [0.29, 0.717) is 31.0 Å². The summed E-state index contributed by atoms with van der Waals surface area (Å²) in [6, 6.07) is 0. The van der Waals surface area contributed by atoms with Gasteiger partial charge in [0.2, 0.25) is 0 Å². The molecule has 1 aliphatic heterocycles. The van der Waals surface area contributed by atoms with E-state index in [9.17, 15) is 0 Å². The summed E-state index contributed by atoms with van der Waals surface area (Å²) in [5.74, 6) is 6.40. The Morgan fingerprint density at radius 3 is 2.50 bits per heavy atom. The first-order valence-electron chi connectivity index (χ1n) is 8.81. The predicted molar refractivity (Wildman–Crippen MR) is 85.7 cm³/mol. The highest BCUT2D eigenvalue weighted by molar-refractivity contribution is 5.02. The van der Waals surface area contributed by atoms with E-state index in [0.717, 1.165) is 32.5 Å². The molecule has 0 aromatic rings. The average molecular weight is 307 g/mol. The summed E-state index contributed by atoms with van der Waals surface area (Å²) >= 11 is 0. The number of likely N-dealkylation sites (tertiary alicyclic amines) is 1. The first kappa shape index (κ1) is 16.3. The first-order valence-corrected chi connectivity index (χ1v) is 8.81. The molecule has 0 aromatic heterocycles. The van der Waals surface area contributed by atoms with E-state index in [1.165, 1.54) is 32.1 Å². The number of nitrogens with zero attached hydrogens (tertiary/aromatic N) is 1. The molecule has 124 valence electrons. The molecule has 4 heteroatoms. The van der Waals surface area contributed by atoms with Gasteiger partial charge in [-0.3, -0.25) is 4.90 Å². The Hall–Kier alpha value is -0.600. The van der Waals surface area contributed by atoms with Crippen LogP contribution in [0.5, 0.6) is 0 Å². The second-order valence-corrected chi connectivity index (χ2v) is 6.80. The molecule has 0 spiro atoms. The molecule has 0 amide bonds. The molecule has 1 atom stereocenters. The predicted octanol–water partition coefficient (Wildman–Crippen LogP) is 2.22. The third-order valence-corrected chi connectivity index (χ3v) is 5.10. The van der Waals surface area contributed by atoms with Crippen molar-refractivity contribution in [1.29, 1.82) is 0 Å². The van der Waals surface area contributed by atoms with Crippen LogP contribution in [0.2, 0.25) is 0 Å². The third kappa shape index (κ3) is 4.70. The summed E-state index contributed by atoms with van der Waals surface area (Å²) in [5.41, 5.74) is 0. The second-order valence-electron chi connectivity index (χ2n) is 6.80. The van der Waals surface area contributed by atoms with Gasteiger partial charge in [-0.05, 0) is 51.5 Å². The summed E-state index contributed by atoms with van der Waals surface area (Å²) in [7, 11) is 1.77. The van der Waals surface area contributed by atoms with Gasteiger partial charge in [0.15, 0.2) is 0 Å². The number of methoxy groups -OCH3 is 1.